The molecule has 2 unspecified atom stereocenters. The van der Waals surface area contributed by atoms with Gasteiger partial charge in [0.2, 0.25) is 0 Å². The highest BCUT2D eigenvalue weighted by Crippen LogP contribution is 2.35. The Bertz CT molecular complexity index is 462. The molecule has 0 heterocycles. The van der Waals surface area contributed by atoms with Crippen LogP contribution in [0.4, 0.5) is 0 Å². The van der Waals surface area contributed by atoms with Crippen LogP contribution in [0.25, 0.3) is 0 Å². The normalized spacial score (nSPS) is 13.7. The standard InChI is InChI=1S/C12H15IO6/c1-3-19-12(17)11(16)9(14)6-4-7(13)10(15)8(5-6)18-2/h4-5,9,11,14-16H,3H2,1-2H3. The fourth-order valence-corrected chi connectivity index (χ4v) is 2.08. The summed E-state index contributed by atoms with van der Waals surface area (Å²) < 4.78 is 10.00. The lowest BCUT2D eigenvalue weighted by Crippen LogP contribution is -2.30. The Labute approximate surface area is 124 Å². The molecule has 6 nitrogen and oxygen atoms in total. The van der Waals surface area contributed by atoms with Crippen molar-refractivity contribution in [3.8, 4) is 11.5 Å². The minimum atomic E-state index is -1.69. The molecule has 0 saturated heterocycles. The van der Waals surface area contributed by atoms with Crippen molar-refractivity contribution in [1.29, 1.82) is 0 Å². The minimum absolute atomic E-state index is 0.0651. The SMILES string of the molecule is CCOC(=O)C(O)C(O)c1cc(I)c(O)c(OC)c1. The summed E-state index contributed by atoms with van der Waals surface area (Å²) in [6.07, 6.45) is -3.15. The third-order valence-corrected chi connectivity index (χ3v) is 3.26. The summed E-state index contributed by atoms with van der Waals surface area (Å²) in [6, 6.07) is 2.80. The zero-order chi connectivity index (χ0) is 14.6. The largest absolute Gasteiger partial charge is 0.504 e. The molecule has 0 aliphatic heterocycles. The van der Waals surface area contributed by atoms with Gasteiger partial charge in [0.15, 0.2) is 17.6 Å². The number of hydrogen-bond acceptors (Lipinski definition) is 6. The highest BCUT2D eigenvalue weighted by molar-refractivity contribution is 14.1. The molecule has 106 valence electrons. The van der Waals surface area contributed by atoms with Gasteiger partial charge in [0, 0.05) is 0 Å². The van der Waals surface area contributed by atoms with Crippen LogP contribution in [-0.4, -0.2) is 41.1 Å². The van der Waals surface area contributed by atoms with E-state index in [1.165, 1.54) is 19.2 Å². The monoisotopic (exact) mass is 382 g/mol. The second-order valence-electron chi connectivity index (χ2n) is 3.70. The Morgan fingerprint density at radius 3 is 2.58 bits per heavy atom. The van der Waals surface area contributed by atoms with Gasteiger partial charge in [0.1, 0.15) is 6.10 Å². The van der Waals surface area contributed by atoms with Crippen LogP contribution in [0, 0.1) is 3.57 Å². The average Bonchev–Trinajstić information content (AvgIpc) is 2.40. The van der Waals surface area contributed by atoms with Gasteiger partial charge >= 0.3 is 5.97 Å². The average molecular weight is 382 g/mol. The van der Waals surface area contributed by atoms with Gasteiger partial charge in [-0.15, -0.1) is 0 Å². The first-order valence-corrected chi connectivity index (χ1v) is 6.59. The number of phenols is 1. The lowest BCUT2D eigenvalue weighted by atomic mass is 10.0. The number of ether oxygens (including phenoxy) is 2. The number of aliphatic hydroxyl groups excluding tert-OH is 2. The number of phenolic OH excluding ortho intramolecular Hbond substituents is 1. The third kappa shape index (κ3) is 3.71. The maximum atomic E-state index is 11.3. The van der Waals surface area contributed by atoms with Crippen LogP contribution >= 0.6 is 22.6 Å². The number of carbonyl (C=O) groups is 1. The third-order valence-electron chi connectivity index (χ3n) is 2.44. The molecular formula is C12H15IO6. The Morgan fingerprint density at radius 2 is 2.05 bits per heavy atom. The predicted octanol–water partition coefficient (Wildman–Crippen LogP) is 0.963. The van der Waals surface area contributed by atoms with Gasteiger partial charge in [-0.1, -0.05) is 0 Å². The number of benzene rings is 1. The van der Waals surface area contributed by atoms with Crippen LogP contribution in [0.1, 0.15) is 18.6 Å². The van der Waals surface area contributed by atoms with Gasteiger partial charge in [-0.05, 0) is 47.2 Å². The smallest absolute Gasteiger partial charge is 0.338 e. The molecule has 0 spiro atoms. The number of methoxy groups -OCH3 is 1. The Kier molecular flexibility index (Phi) is 5.83. The number of aromatic hydroxyl groups is 1. The van der Waals surface area contributed by atoms with Crippen molar-refractivity contribution in [3.63, 3.8) is 0 Å². The van der Waals surface area contributed by atoms with Crippen LogP contribution in [0.2, 0.25) is 0 Å². The van der Waals surface area contributed by atoms with Crippen LogP contribution in [0.15, 0.2) is 12.1 Å². The second-order valence-corrected chi connectivity index (χ2v) is 4.86. The topological polar surface area (TPSA) is 96.2 Å². The van der Waals surface area contributed by atoms with Gasteiger partial charge in [0.25, 0.3) is 0 Å². The molecule has 0 aliphatic carbocycles. The Balaban J connectivity index is 3.02. The first-order valence-electron chi connectivity index (χ1n) is 5.51. The van der Waals surface area contributed by atoms with Crippen LogP contribution in [0.3, 0.4) is 0 Å². The van der Waals surface area contributed by atoms with Crippen molar-refractivity contribution in [1.82, 2.24) is 0 Å². The van der Waals surface area contributed by atoms with Crippen molar-refractivity contribution in [2.24, 2.45) is 0 Å². The summed E-state index contributed by atoms with van der Waals surface area (Å²) in [5.74, 6) is -0.821. The van der Waals surface area contributed by atoms with E-state index in [2.05, 4.69) is 4.74 Å². The summed E-state index contributed by atoms with van der Waals surface area (Å²) in [5, 5.41) is 29.3. The van der Waals surface area contributed by atoms with E-state index < -0.39 is 18.2 Å². The molecule has 7 heteroatoms. The van der Waals surface area contributed by atoms with Crippen molar-refractivity contribution < 1.29 is 29.6 Å². The molecule has 19 heavy (non-hydrogen) atoms. The predicted molar refractivity (Wildman–Crippen MR) is 75.0 cm³/mol. The molecule has 0 saturated carbocycles. The van der Waals surface area contributed by atoms with E-state index in [4.69, 9.17) is 4.74 Å². The Morgan fingerprint density at radius 1 is 1.42 bits per heavy atom. The molecule has 0 aromatic heterocycles. The molecule has 2 atom stereocenters. The molecule has 0 aliphatic rings. The van der Waals surface area contributed by atoms with Gasteiger partial charge in [-0.25, -0.2) is 4.79 Å². The van der Waals surface area contributed by atoms with Crippen molar-refractivity contribution in [2.75, 3.05) is 13.7 Å². The molecular weight excluding hydrogens is 367 g/mol. The van der Waals surface area contributed by atoms with Crippen molar-refractivity contribution in [3.05, 3.63) is 21.3 Å². The van der Waals surface area contributed by atoms with E-state index in [9.17, 15) is 20.1 Å². The number of halogens is 1. The van der Waals surface area contributed by atoms with E-state index in [0.29, 0.717) is 3.57 Å². The van der Waals surface area contributed by atoms with Gasteiger partial charge in [-0.2, -0.15) is 0 Å². The number of aliphatic hydroxyl groups is 2. The number of carbonyl (C=O) groups excluding carboxylic acids is 1. The fraction of sp³-hybridized carbons (Fsp3) is 0.417. The van der Waals surface area contributed by atoms with E-state index in [0.717, 1.165) is 0 Å². The minimum Gasteiger partial charge on any atom is -0.504 e. The quantitative estimate of drug-likeness (QED) is 0.519. The number of esters is 1. The van der Waals surface area contributed by atoms with Gasteiger partial charge in [-0.3, -0.25) is 0 Å². The van der Waals surface area contributed by atoms with Crippen molar-refractivity contribution >= 4 is 28.6 Å². The van der Waals surface area contributed by atoms with Crippen molar-refractivity contribution in [2.45, 2.75) is 19.1 Å². The first-order chi connectivity index (χ1) is 8.92. The lowest BCUT2D eigenvalue weighted by molar-refractivity contribution is -0.159. The molecule has 1 rings (SSSR count). The summed E-state index contributed by atoms with van der Waals surface area (Å²) >= 11 is 1.85. The zero-order valence-electron chi connectivity index (χ0n) is 10.5. The highest BCUT2D eigenvalue weighted by Gasteiger charge is 2.28. The summed E-state index contributed by atoms with van der Waals surface area (Å²) in [4.78, 5) is 11.3. The maximum Gasteiger partial charge on any atom is 0.338 e. The first kappa shape index (κ1) is 16.0. The van der Waals surface area contributed by atoms with E-state index in [1.54, 1.807) is 6.92 Å². The van der Waals surface area contributed by atoms with Crippen LogP contribution in [-0.2, 0) is 9.53 Å². The fourth-order valence-electron chi connectivity index (χ4n) is 1.46. The van der Waals surface area contributed by atoms with Gasteiger partial charge in [0.05, 0.1) is 17.3 Å². The van der Waals surface area contributed by atoms with Crippen LogP contribution in [0.5, 0.6) is 11.5 Å². The zero-order valence-corrected chi connectivity index (χ0v) is 12.6. The molecule has 1 aromatic rings. The summed E-state index contributed by atoms with van der Waals surface area (Å²) in [6.45, 7) is 1.71. The van der Waals surface area contributed by atoms with Crippen LogP contribution < -0.4 is 4.74 Å². The molecule has 0 fully saturated rings. The lowest BCUT2D eigenvalue weighted by Gasteiger charge is -2.18. The molecule has 0 amide bonds. The second kappa shape index (κ2) is 6.92. The Hall–Kier alpha value is -1.06. The summed E-state index contributed by atoms with van der Waals surface area (Å²) in [5.41, 5.74) is 0.250. The van der Waals surface area contributed by atoms with E-state index in [-0.39, 0.29) is 23.7 Å². The number of rotatable bonds is 5. The highest BCUT2D eigenvalue weighted by atomic mass is 127. The van der Waals surface area contributed by atoms with E-state index in [1.807, 2.05) is 22.6 Å². The van der Waals surface area contributed by atoms with E-state index >= 15 is 0 Å². The summed E-state index contributed by atoms with van der Waals surface area (Å²) in [7, 11) is 1.36. The molecule has 1 aromatic carbocycles. The maximum absolute atomic E-state index is 11.3. The number of hydrogen-bond donors (Lipinski definition) is 3. The molecule has 0 bridgehead atoms. The molecule has 0 radical (unpaired) electrons. The molecule has 3 N–H and O–H groups in total. The van der Waals surface area contributed by atoms with Gasteiger partial charge < -0.3 is 24.8 Å².